The van der Waals surface area contributed by atoms with Crippen LogP contribution in [0.15, 0.2) is 12.4 Å². The Morgan fingerprint density at radius 3 is 2.59 bits per heavy atom. The molecule has 17 heavy (non-hydrogen) atoms. The van der Waals surface area contributed by atoms with Crippen molar-refractivity contribution in [3.05, 3.63) is 18.0 Å². The standard InChI is InChI=1S/C11H17N3O3/c1-7(2)14-6-9(5-12-14)4-10(11(16)17)13-8(3)15/h5-7,10H,4H2,1-3H3,(H,13,15)(H,16,17). The van der Waals surface area contributed by atoms with Crippen LogP contribution in [0.1, 0.15) is 32.4 Å². The van der Waals surface area contributed by atoms with Gasteiger partial charge in [-0.05, 0) is 19.4 Å². The number of nitrogens with zero attached hydrogens (tertiary/aromatic N) is 2. The third kappa shape index (κ3) is 3.90. The maximum atomic E-state index is 10.9. The first-order chi connectivity index (χ1) is 7.90. The zero-order valence-corrected chi connectivity index (χ0v) is 10.2. The summed E-state index contributed by atoms with van der Waals surface area (Å²) in [6, 6.07) is -0.676. The zero-order valence-electron chi connectivity index (χ0n) is 10.2. The molecule has 0 fully saturated rings. The van der Waals surface area contributed by atoms with Gasteiger partial charge < -0.3 is 10.4 Å². The monoisotopic (exact) mass is 239 g/mol. The van der Waals surface area contributed by atoms with Gasteiger partial charge in [-0.25, -0.2) is 4.79 Å². The third-order valence-electron chi connectivity index (χ3n) is 2.30. The molecule has 1 heterocycles. The Morgan fingerprint density at radius 1 is 1.53 bits per heavy atom. The van der Waals surface area contributed by atoms with Gasteiger partial charge in [-0.3, -0.25) is 9.48 Å². The predicted octanol–water partition coefficient (Wildman–Crippen LogP) is 0.596. The normalized spacial score (nSPS) is 12.5. The van der Waals surface area contributed by atoms with Crippen LogP contribution < -0.4 is 5.32 Å². The van der Waals surface area contributed by atoms with E-state index in [-0.39, 0.29) is 18.4 Å². The summed E-state index contributed by atoms with van der Waals surface area (Å²) < 4.78 is 1.75. The molecule has 6 nitrogen and oxygen atoms in total. The third-order valence-corrected chi connectivity index (χ3v) is 2.30. The highest BCUT2D eigenvalue weighted by molar-refractivity contribution is 5.82. The van der Waals surface area contributed by atoms with E-state index in [4.69, 9.17) is 5.11 Å². The molecule has 1 aromatic rings. The molecule has 6 heteroatoms. The fraction of sp³-hybridized carbons (Fsp3) is 0.545. The summed E-state index contributed by atoms with van der Waals surface area (Å²) in [6.07, 6.45) is 3.65. The van der Waals surface area contributed by atoms with E-state index in [1.165, 1.54) is 6.92 Å². The van der Waals surface area contributed by atoms with Crippen molar-refractivity contribution in [3.8, 4) is 0 Å². The van der Waals surface area contributed by atoms with E-state index in [9.17, 15) is 9.59 Å². The number of hydrogen-bond donors (Lipinski definition) is 2. The number of aliphatic carboxylic acids is 1. The number of rotatable bonds is 5. The van der Waals surface area contributed by atoms with Crippen LogP contribution in [0.5, 0.6) is 0 Å². The molecule has 0 saturated heterocycles. The number of carboxylic acid groups (broad SMARTS) is 1. The molecule has 1 rings (SSSR count). The van der Waals surface area contributed by atoms with Crippen molar-refractivity contribution >= 4 is 11.9 Å². The fourth-order valence-electron chi connectivity index (χ4n) is 1.45. The van der Waals surface area contributed by atoms with Gasteiger partial charge in [0.15, 0.2) is 0 Å². The van der Waals surface area contributed by atoms with Gasteiger partial charge in [0, 0.05) is 25.6 Å². The molecular weight excluding hydrogens is 222 g/mol. The predicted molar refractivity (Wildman–Crippen MR) is 61.6 cm³/mol. The second-order valence-corrected chi connectivity index (χ2v) is 4.22. The van der Waals surface area contributed by atoms with Gasteiger partial charge in [0.25, 0.3) is 0 Å². The van der Waals surface area contributed by atoms with Crippen LogP contribution in [0.4, 0.5) is 0 Å². The minimum Gasteiger partial charge on any atom is -0.480 e. The molecule has 1 amide bonds. The van der Waals surface area contributed by atoms with Crippen molar-refractivity contribution in [2.45, 2.75) is 39.3 Å². The Morgan fingerprint density at radius 2 is 2.18 bits per heavy atom. The van der Waals surface area contributed by atoms with Gasteiger partial charge in [0.1, 0.15) is 6.04 Å². The van der Waals surface area contributed by atoms with Crippen molar-refractivity contribution in [3.63, 3.8) is 0 Å². The van der Waals surface area contributed by atoms with Crippen LogP contribution in [0.3, 0.4) is 0 Å². The van der Waals surface area contributed by atoms with Gasteiger partial charge >= 0.3 is 5.97 Å². The Hall–Kier alpha value is -1.85. The Labute approximate surface area is 99.6 Å². The lowest BCUT2D eigenvalue weighted by Gasteiger charge is -2.11. The lowest BCUT2D eigenvalue weighted by molar-refractivity contribution is -0.141. The summed E-state index contributed by atoms with van der Waals surface area (Å²) in [5.41, 5.74) is 0.792. The topological polar surface area (TPSA) is 84.2 Å². The van der Waals surface area contributed by atoms with Crippen molar-refractivity contribution in [2.75, 3.05) is 0 Å². The molecule has 1 unspecified atom stereocenters. The van der Waals surface area contributed by atoms with Crippen LogP contribution in [0.2, 0.25) is 0 Å². The zero-order chi connectivity index (χ0) is 13.0. The van der Waals surface area contributed by atoms with E-state index in [0.29, 0.717) is 0 Å². The second kappa shape index (κ2) is 5.47. The van der Waals surface area contributed by atoms with Crippen molar-refractivity contribution in [1.82, 2.24) is 15.1 Å². The molecule has 0 aromatic carbocycles. The molecular formula is C11H17N3O3. The Kier molecular flexibility index (Phi) is 4.25. The number of hydrogen-bond acceptors (Lipinski definition) is 3. The first-order valence-corrected chi connectivity index (χ1v) is 5.43. The number of nitrogens with one attached hydrogen (secondary N) is 1. The van der Waals surface area contributed by atoms with Crippen LogP contribution >= 0.6 is 0 Å². The average molecular weight is 239 g/mol. The summed E-state index contributed by atoms with van der Waals surface area (Å²) in [5.74, 6) is -1.40. The summed E-state index contributed by atoms with van der Waals surface area (Å²) in [6.45, 7) is 5.27. The van der Waals surface area contributed by atoms with Crippen molar-refractivity contribution in [1.29, 1.82) is 0 Å². The van der Waals surface area contributed by atoms with E-state index in [1.807, 2.05) is 13.8 Å². The summed E-state index contributed by atoms with van der Waals surface area (Å²) in [7, 11) is 0. The van der Waals surface area contributed by atoms with Crippen LogP contribution in [-0.4, -0.2) is 32.8 Å². The molecule has 0 spiro atoms. The quantitative estimate of drug-likeness (QED) is 0.787. The molecule has 0 saturated carbocycles. The smallest absolute Gasteiger partial charge is 0.326 e. The van der Waals surface area contributed by atoms with Crippen LogP contribution in [-0.2, 0) is 16.0 Å². The number of aromatic nitrogens is 2. The lowest BCUT2D eigenvalue weighted by atomic mass is 10.1. The molecule has 2 N–H and O–H groups in total. The summed E-state index contributed by atoms with van der Waals surface area (Å²) in [5, 5.41) is 15.5. The number of amides is 1. The SMILES string of the molecule is CC(=O)NC(Cc1cnn(C(C)C)c1)C(=O)O. The maximum Gasteiger partial charge on any atom is 0.326 e. The van der Waals surface area contributed by atoms with Gasteiger partial charge in [0.2, 0.25) is 5.91 Å². The molecule has 1 aromatic heterocycles. The van der Waals surface area contributed by atoms with E-state index >= 15 is 0 Å². The molecule has 94 valence electrons. The van der Waals surface area contributed by atoms with E-state index < -0.39 is 12.0 Å². The van der Waals surface area contributed by atoms with E-state index in [1.54, 1.807) is 17.1 Å². The van der Waals surface area contributed by atoms with Gasteiger partial charge in [-0.15, -0.1) is 0 Å². The molecule has 0 aliphatic heterocycles. The minimum absolute atomic E-state index is 0.229. The van der Waals surface area contributed by atoms with E-state index in [0.717, 1.165) is 5.56 Å². The number of carbonyl (C=O) groups excluding carboxylic acids is 1. The minimum atomic E-state index is -1.04. The lowest BCUT2D eigenvalue weighted by Crippen LogP contribution is -2.41. The maximum absolute atomic E-state index is 10.9. The largest absolute Gasteiger partial charge is 0.480 e. The first kappa shape index (κ1) is 13.2. The fourth-order valence-corrected chi connectivity index (χ4v) is 1.45. The van der Waals surface area contributed by atoms with Gasteiger partial charge in [-0.2, -0.15) is 5.10 Å². The van der Waals surface area contributed by atoms with Crippen molar-refractivity contribution in [2.24, 2.45) is 0 Å². The Bertz CT molecular complexity index is 412. The summed E-state index contributed by atoms with van der Waals surface area (Å²) >= 11 is 0. The number of carbonyl (C=O) groups is 2. The Balaban J connectivity index is 2.72. The van der Waals surface area contributed by atoms with E-state index in [2.05, 4.69) is 10.4 Å². The van der Waals surface area contributed by atoms with Crippen LogP contribution in [0, 0.1) is 0 Å². The van der Waals surface area contributed by atoms with Gasteiger partial charge in [0.05, 0.1) is 6.20 Å². The molecule has 0 aliphatic rings. The highest BCUT2D eigenvalue weighted by Crippen LogP contribution is 2.07. The van der Waals surface area contributed by atoms with Crippen molar-refractivity contribution < 1.29 is 14.7 Å². The first-order valence-electron chi connectivity index (χ1n) is 5.43. The molecule has 0 bridgehead atoms. The average Bonchev–Trinajstić information content (AvgIpc) is 2.64. The van der Waals surface area contributed by atoms with Gasteiger partial charge in [-0.1, -0.05) is 0 Å². The van der Waals surface area contributed by atoms with Crippen LogP contribution in [0.25, 0.3) is 0 Å². The second-order valence-electron chi connectivity index (χ2n) is 4.22. The molecule has 1 atom stereocenters. The molecule has 0 aliphatic carbocycles. The molecule has 0 radical (unpaired) electrons. The highest BCUT2D eigenvalue weighted by atomic mass is 16.4. The highest BCUT2D eigenvalue weighted by Gasteiger charge is 2.19. The number of carboxylic acids is 1. The summed E-state index contributed by atoms with van der Waals surface area (Å²) in [4.78, 5) is 21.8.